The van der Waals surface area contributed by atoms with Crippen LogP contribution in [0.5, 0.6) is 0 Å². The zero-order valence-corrected chi connectivity index (χ0v) is 11.3. The fraction of sp³-hybridized carbons (Fsp3) is 0.286. The topological polar surface area (TPSA) is 48.7 Å². The van der Waals surface area contributed by atoms with Crippen LogP contribution in [0.3, 0.4) is 0 Å². The summed E-state index contributed by atoms with van der Waals surface area (Å²) < 4.78 is 0. The van der Waals surface area contributed by atoms with Crippen LogP contribution >= 0.6 is 11.3 Å². The third-order valence-corrected chi connectivity index (χ3v) is 3.85. The summed E-state index contributed by atoms with van der Waals surface area (Å²) in [6.07, 6.45) is 1.82. The number of benzene rings is 1. The summed E-state index contributed by atoms with van der Waals surface area (Å²) in [6, 6.07) is 8.19. The molecule has 92 valence electrons. The molecule has 0 spiro atoms. The van der Waals surface area contributed by atoms with E-state index in [2.05, 4.69) is 23.3 Å². The Morgan fingerprint density at radius 2 is 2.33 bits per heavy atom. The third-order valence-electron chi connectivity index (χ3n) is 2.89. The molecule has 1 unspecified atom stereocenters. The molecule has 2 aromatic rings. The Hall–Kier alpha value is -1.70. The van der Waals surface area contributed by atoms with Gasteiger partial charge in [0.2, 0.25) is 0 Å². The Bertz CT molecular complexity index is 555. The second-order valence-corrected chi connectivity index (χ2v) is 5.15. The smallest absolute Gasteiger partial charge is 0.109 e. The fourth-order valence-electron chi connectivity index (χ4n) is 1.76. The van der Waals surface area contributed by atoms with E-state index in [1.54, 1.807) is 11.3 Å². The van der Waals surface area contributed by atoms with Gasteiger partial charge in [-0.1, -0.05) is 6.07 Å². The molecule has 0 bridgehead atoms. The molecule has 0 radical (unpaired) electrons. The van der Waals surface area contributed by atoms with Crippen molar-refractivity contribution in [3.05, 3.63) is 51.5 Å². The van der Waals surface area contributed by atoms with Crippen LogP contribution in [0.2, 0.25) is 0 Å². The second kappa shape index (κ2) is 5.76. The van der Waals surface area contributed by atoms with Crippen molar-refractivity contribution in [2.75, 3.05) is 0 Å². The Morgan fingerprint density at radius 3 is 2.94 bits per heavy atom. The van der Waals surface area contributed by atoms with Crippen molar-refractivity contribution in [2.45, 2.75) is 26.4 Å². The maximum atomic E-state index is 8.82. The molecule has 1 heterocycles. The van der Waals surface area contributed by atoms with Gasteiger partial charge in [0.15, 0.2) is 0 Å². The van der Waals surface area contributed by atoms with E-state index in [0.29, 0.717) is 5.56 Å². The zero-order valence-electron chi connectivity index (χ0n) is 10.5. The molecule has 18 heavy (non-hydrogen) atoms. The first-order chi connectivity index (χ1) is 8.70. The number of aromatic nitrogens is 1. The summed E-state index contributed by atoms with van der Waals surface area (Å²) in [5.74, 6) is 0. The lowest BCUT2D eigenvalue weighted by atomic mass is 10.1. The Balaban J connectivity index is 2.00. The van der Waals surface area contributed by atoms with Crippen LogP contribution in [0.4, 0.5) is 0 Å². The van der Waals surface area contributed by atoms with E-state index in [-0.39, 0.29) is 6.04 Å². The van der Waals surface area contributed by atoms with E-state index in [1.165, 1.54) is 5.56 Å². The lowest BCUT2D eigenvalue weighted by molar-refractivity contribution is 0.570. The molecule has 0 aliphatic heterocycles. The average Bonchev–Trinajstić information content (AvgIpc) is 2.90. The highest BCUT2D eigenvalue weighted by molar-refractivity contribution is 7.09. The molecule has 0 fully saturated rings. The third kappa shape index (κ3) is 2.95. The number of nitriles is 1. The number of rotatable bonds is 4. The molecule has 0 aliphatic carbocycles. The van der Waals surface area contributed by atoms with Crippen LogP contribution in [0.1, 0.15) is 34.7 Å². The highest BCUT2D eigenvalue weighted by Gasteiger charge is 2.08. The molecule has 1 N–H and O–H groups in total. The minimum absolute atomic E-state index is 0.250. The standard InChI is InChI=1S/C14H15N3S/c1-10-7-12(8-15)3-4-13(10)9-17-11(2)14-16-5-6-18-14/h3-7,11,17H,9H2,1-2H3. The number of aryl methyl sites for hydroxylation is 1. The van der Waals surface area contributed by atoms with Gasteiger partial charge in [0.1, 0.15) is 5.01 Å². The Morgan fingerprint density at radius 1 is 1.50 bits per heavy atom. The molecule has 1 aromatic carbocycles. The fourth-order valence-corrected chi connectivity index (χ4v) is 2.43. The van der Waals surface area contributed by atoms with Crippen molar-refractivity contribution in [2.24, 2.45) is 0 Å². The number of hydrogen-bond donors (Lipinski definition) is 1. The number of nitrogens with one attached hydrogen (secondary N) is 1. The SMILES string of the molecule is Cc1cc(C#N)ccc1CNC(C)c1nccs1. The molecular weight excluding hydrogens is 242 g/mol. The first kappa shape index (κ1) is 12.7. The first-order valence-electron chi connectivity index (χ1n) is 5.83. The van der Waals surface area contributed by atoms with Gasteiger partial charge < -0.3 is 5.32 Å². The summed E-state index contributed by atoms with van der Waals surface area (Å²) in [5, 5.41) is 15.4. The van der Waals surface area contributed by atoms with Gasteiger partial charge in [-0.3, -0.25) is 0 Å². The van der Waals surface area contributed by atoms with E-state index in [9.17, 15) is 0 Å². The maximum Gasteiger partial charge on any atom is 0.109 e. The van der Waals surface area contributed by atoms with Gasteiger partial charge in [-0.05, 0) is 37.1 Å². The average molecular weight is 257 g/mol. The van der Waals surface area contributed by atoms with Gasteiger partial charge in [-0.15, -0.1) is 11.3 Å². The highest BCUT2D eigenvalue weighted by Crippen LogP contribution is 2.16. The monoisotopic (exact) mass is 257 g/mol. The van der Waals surface area contributed by atoms with Crippen molar-refractivity contribution in [1.82, 2.24) is 10.3 Å². The van der Waals surface area contributed by atoms with Gasteiger partial charge in [-0.25, -0.2) is 4.98 Å². The van der Waals surface area contributed by atoms with Crippen molar-refractivity contribution in [3.8, 4) is 6.07 Å². The van der Waals surface area contributed by atoms with Crippen LogP contribution in [0.25, 0.3) is 0 Å². The van der Waals surface area contributed by atoms with E-state index in [4.69, 9.17) is 5.26 Å². The largest absolute Gasteiger partial charge is 0.304 e. The van der Waals surface area contributed by atoms with Gasteiger partial charge in [0.05, 0.1) is 17.7 Å². The van der Waals surface area contributed by atoms with Crippen molar-refractivity contribution < 1.29 is 0 Å². The van der Waals surface area contributed by atoms with Crippen LogP contribution in [0.15, 0.2) is 29.8 Å². The first-order valence-corrected chi connectivity index (χ1v) is 6.71. The lowest BCUT2D eigenvalue weighted by Gasteiger charge is -2.12. The van der Waals surface area contributed by atoms with Crippen LogP contribution in [-0.4, -0.2) is 4.98 Å². The molecule has 0 saturated carbocycles. The molecule has 0 aliphatic rings. The lowest BCUT2D eigenvalue weighted by Crippen LogP contribution is -2.18. The van der Waals surface area contributed by atoms with Gasteiger partial charge in [0, 0.05) is 18.1 Å². The summed E-state index contributed by atoms with van der Waals surface area (Å²) in [4.78, 5) is 4.29. The minimum atomic E-state index is 0.250. The highest BCUT2D eigenvalue weighted by atomic mass is 32.1. The maximum absolute atomic E-state index is 8.82. The van der Waals surface area contributed by atoms with E-state index < -0.39 is 0 Å². The summed E-state index contributed by atoms with van der Waals surface area (Å²) in [5.41, 5.74) is 3.08. The summed E-state index contributed by atoms with van der Waals surface area (Å²) in [7, 11) is 0. The minimum Gasteiger partial charge on any atom is -0.304 e. The van der Waals surface area contributed by atoms with Crippen LogP contribution in [-0.2, 0) is 6.54 Å². The number of thiazole rings is 1. The molecule has 1 atom stereocenters. The molecule has 3 nitrogen and oxygen atoms in total. The van der Waals surface area contributed by atoms with E-state index in [0.717, 1.165) is 17.1 Å². The van der Waals surface area contributed by atoms with Crippen LogP contribution < -0.4 is 5.32 Å². The number of hydrogen-bond acceptors (Lipinski definition) is 4. The quantitative estimate of drug-likeness (QED) is 0.915. The van der Waals surface area contributed by atoms with Gasteiger partial charge in [-0.2, -0.15) is 5.26 Å². The predicted octanol–water partition coefficient (Wildman–Crippen LogP) is 3.17. The van der Waals surface area contributed by atoms with E-state index in [1.807, 2.05) is 36.7 Å². The summed E-state index contributed by atoms with van der Waals surface area (Å²) in [6.45, 7) is 4.93. The zero-order chi connectivity index (χ0) is 13.0. The van der Waals surface area contributed by atoms with Gasteiger partial charge >= 0.3 is 0 Å². The number of nitrogens with zero attached hydrogens (tertiary/aromatic N) is 2. The normalized spacial score (nSPS) is 12.1. The van der Waals surface area contributed by atoms with Gasteiger partial charge in [0.25, 0.3) is 0 Å². The second-order valence-electron chi connectivity index (χ2n) is 4.23. The molecule has 0 amide bonds. The van der Waals surface area contributed by atoms with Crippen molar-refractivity contribution >= 4 is 11.3 Å². The molecule has 1 aromatic heterocycles. The molecule has 0 saturated heterocycles. The Kier molecular flexibility index (Phi) is 4.08. The Labute approximate surface area is 111 Å². The summed E-state index contributed by atoms with van der Waals surface area (Å²) >= 11 is 1.66. The van der Waals surface area contributed by atoms with Crippen molar-refractivity contribution in [3.63, 3.8) is 0 Å². The van der Waals surface area contributed by atoms with E-state index >= 15 is 0 Å². The van der Waals surface area contributed by atoms with Crippen molar-refractivity contribution in [1.29, 1.82) is 5.26 Å². The molecule has 4 heteroatoms. The molecular formula is C14H15N3S. The van der Waals surface area contributed by atoms with Crippen LogP contribution in [0, 0.1) is 18.3 Å². The molecule has 2 rings (SSSR count). The predicted molar refractivity (Wildman–Crippen MR) is 73.3 cm³/mol.